The van der Waals surface area contributed by atoms with Crippen LogP contribution in [0.25, 0.3) is 5.65 Å². The van der Waals surface area contributed by atoms with Crippen LogP contribution in [-0.2, 0) is 11.3 Å². The van der Waals surface area contributed by atoms with E-state index in [1.165, 1.54) is 0 Å². The predicted molar refractivity (Wildman–Crippen MR) is 73.0 cm³/mol. The molecule has 2 rings (SSSR count). The molecule has 102 valence electrons. The molecule has 0 radical (unpaired) electrons. The zero-order valence-corrected chi connectivity index (χ0v) is 11.7. The van der Waals surface area contributed by atoms with Gasteiger partial charge in [-0.25, -0.2) is 9.78 Å². The van der Waals surface area contributed by atoms with Crippen molar-refractivity contribution < 1.29 is 9.53 Å². The fraction of sp³-hybridized carbons (Fsp3) is 0.429. The second-order valence-electron chi connectivity index (χ2n) is 5.48. The molecule has 0 saturated carbocycles. The third-order valence-corrected chi connectivity index (χ3v) is 2.56. The second-order valence-corrected chi connectivity index (χ2v) is 5.48. The van der Waals surface area contributed by atoms with Gasteiger partial charge in [-0.3, -0.25) is 0 Å². The number of carbonyl (C=O) groups excluding carboxylic acids is 1. The van der Waals surface area contributed by atoms with E-state index < -0.39 is 11.7 Å². The summed E-state index contributed by atoms with van der Waals surface area (Å²) in [7, 11) is 0. The molecule has 0 bridgehead atoms. The maximum atomic E-state index is 11.5. The Labute approximate surface area is 112 Å². The van der Waals surface area contributed by atoms with E-state index in [1.54, 1.807) is 0 Å². The fourth-order valence-corrected chi connectivity index (χ4v) is 1.76. The number of carbonyl (C=O) groups is 1. The molecule has 0 aliphatic heterocycles. The second kappa shape index (κ2) is 4.91. The smallest absolute Gasteiger partial charge is 0.407 e. The molecule has 1 N–H and O–H groups in total. The standard InChI is InChI=1S/C14H19N3O2/c1-10-6-5-7-12-16-11(9-17(10)12)8-15-13(18)19-14(2,3)4/h5-7,9H,8H2,1-4H3,(H,15,18). The highest BCUT2D eigenvalue weighted by molar-refractivity contribution is 5.67. The molecule has 0 unspecified atom stereocenters. The quantitative estimate of drug-likeness (QED) is 0.904. The third-order valence-electron chi connectivity index (χ3n) is 2.56. The van der Waals surface area contributed by atoms with Gasteiger partial charge in [-0.05, 0) is 39.8 Å². The summed E-state index contributed by atoms with van der Waals surface area (Å²) in [6, 6.07) is 5.91. The average Bonchev–Trinajstić information content (AvgIpc) is 2.68. The first-order chi connectivity index (χ1) is 8.85. The lowest BCUT2D eigenvalue weighted by atomic mass is 10.2. The SMILES string of the molecule is Cc1cccc2nc(CNC(=O)OC(C)(C)C)cn12. The highest BCUT2D eigenvalue weighted by Crippen LogP contribution is 2.09. The maximum absolute atomic E-state index is 11.5. The van der Waals surface area contributed by atoms with Crippen molar-refractivity contribution in [2.75, 3.05) is 0 Å². The number of hydrogen-bond acceptors (Lipinski definition) is 3. The van der Waals surface area contributed by atoms with E-state index in [0.717, 1.165) is 17.0 Å². The maximum Gasteiger partial charge on any atom is 0.407 e. The molecule has 19 heavy (non-hydrogen) atoms. The topological polar surface area (TPSA) is 55.6 Å². The van der Waals surface area contributed by atoms with Crippen LogP contribution in [0.4, 0.5) is 4.79 Å². The number of fused-ring (bicyclic) bond motifs is 1. The number of hydrogen-bond donors (Lipinski definition) is 1. The number of nitrogens with one attached hydrogen (secondary N) is 1. The number of aromatic nitrogens is 2. The van der Waals surface area contributed by atoms with E-state index in [9.17, 15) is 4.79 Å². The zero-order valence-electron chi connectivity index (χ0n) is 11.7. The van der Waals surface area contributed by atoms with Gasteiger partial charge in [-0.2, -0.15) is 0 Å². The minimum Gasteiger partial charge on any atom is -0.444 e. The van der Waals surface area contributed by atoms with Crippen molar-refractivity contribution in [1.82, 2.24) is 14.7 Å². The first kappa shape index (κ1) is 13.4. The Morgan fingerprint density at radius 3 is 2.79 bits per heavy atom. The van der Waals surface area contributed by atoms with Gasteiger partial charge in [0.15, 0.2) is 0 Å². The lowest BCUT2D eigenvalue weighted by molar-refractivity contribution is 0.0523. The lowest BCUT2D eigenvalue weighted by Gasteiger charge is -2.19. The highest BCUT2D eigenvalue weighted by Gasteiger charge is 2.16. The molecule has 0 aromatic carbocycles. The van der Waals surface area contributed by atoms with Crippen molar-refractivity contribution in [3.63, 3.8) is 0 Å². The Balaban J connectivity index is 2.02. The number of rotatable bonds is 2. The van der Waals surface area contributed by atoms with Crippen LogP contribution in [0.3, 0.4) is 0 Å². The Kier molecular flexibility index (Phi) is 3.46. The summed E-state index contributed by atoms with van der Waals surface area (Å²) in [6.45, 7) is 7.87. The minimum absolute atomic E-state index is 0.357. The minimum atomic E-state index is -0.487. The van der Waals surface area contributed by atoms with Crippen LogP contribution in [-0.4, -0.2) is 21.1 Å². The number of alkyl carbamates (subject to hydrolysis) is 1. The van der Waals surface area contributed by atoms with Crippen LogP contribution < -0.4 is 5.32 Å². The predicted octanol–water partition coefficient (Wildman–Crippen LogP) is 2.67. The zero-order chi connectivity index (χ0) is 14.0. The first-order valence-corrected chi connectivity index (χ1v) is 6.25. The van der Waals surface area contributed by atoms with Crippen LogP contribution in [0, 0.1) is 6.92 Å². The normalized spacial score (nSPS) is 11.6. The van der Waals surface area contributed by atoms with Crippen molar-refractivity contribution in [3.05, 3.63) is 35.8 Å². The van der Waals surface area contributed by atoms with E-state index in [1.807, 2.05) is 56.5 Å². The van der Waals surface area contributed by atoms with Crippen LogP contribution in [0.2, 0.25) is 0 Å². The molecule has 2 aromatic heterocycles. The molecule has 5 heteroatoms. The van der Waals surface area contributed by atoms with Crippen LogP contribution in [0.5, 0.6) is 0 Å². The van der Waals surface area contributed by atoms with Gasteiger partial charge in [0.25, 0.3) is 0 Å². The van der Waals surface area contributed by atoms with Gasteiger partial charge in [-0.1, -0.05) is 6.07 Å². The van der Waals surface area contributed by atoms with E-state index in [-0.39, 0.29) is 0 Å². The monoisotopic (exact) mass is 261 g/mol. The number of ether oxygens (including phenoxy) is 1. The van der Waals surface area contributed by atoms with Crippen molar-refractivity contribution in [2.45, 2.75) is 39.8 Å². The van der Waals surface area contributed by atoms with Gasteiger partial charge in [0.05, 0.1) is 12.2 Å². The summed E-state index contributed by atoms with van der Waals surface area (Å²) in [4.78, 5) is 16.0. The Morgan fingerprint density at radius 2 is 2.16 bits per heavy atom. The number of imidazole rings is 1. The van der Waals surface area contributed by atoms with Gasteiger partial charge in [0.1, 0.15) is 11.2 Å². The molecule has 0 aliphatic carbocycles. The molecule has 2 aromatic rings. The molecule has 5 nitrogen and oxygen atoms in total. The number of pyridine rings is 1. The number of nitrogens with zero attached hydrogens (tertiary/aromatic N) is 2. The van der Waals surface area contributed by atoms with Crippen LogP contribution >= 0.6 is 0 Å². The summed E-state index contributed by atoms with van der Waals surface area (Å²) in [5.74, 6) is 0. The largest absolute Gasteiger partial charge is 0.444 e. The molecular weight excluding hydrogens is 242 g/mol. The van der Waals surface area contributed by atoms with Gasteiger partial charge in [0, 0.05) is 11.9 Å². The summed E-state index contributed by atoms with van der Waals surface area (Å²) in [5.41, 5.74) is 2.30. The molecule has 0 spiro atoms. The van der Waals surface area contributed by atoms with Gasteiger partial charge < -0.3 is 14.5 Å². The van der Waals surface area contributed by atoms with E-state index >= 15 is 0 Å². The summed E-state index contributed by atoms with van der Waals surface area (Å²) in [6.07, 6.45) is 1.49. The van der Waals surface area contributed by atoms with Crippen molar-refractivity contribution in [1.29, 1.82) is 0 Å². The molecule has 0 saturated heterocycles. The summed E-state index contributed by atoms with van der Waals surface area (Å²) >= 11 is 0. The highest BCUT2D eigenvalue weighted by atomic mass is 16.6. The van der Waals surface area contributed by atoms with Gasteiger partial charge >= 0.3 is 6.09 Å². The number of aryl methyl sites for hydroxylation is 1. The average molecular weight is 261 g/mol. The fourth-order valence-electron chi connectivity index (χ4n) is 1.76. The summed E-state index contributed by atoms with van der Waals surface area (Å²) < 4.78 is 7.16. The van der Waals surface area contributed by atoms with Crippen molar-refractivity contribution in [2.24, 2.45) is 0 Å². The Hall–Kier alpha value is -2.04. The Morgan fingerprint density at radius 1 is 1.42 bits per heavy atom. The van der Waals surface area contributed by atoms with Crippen LogP contribution in [0.1, 0.15) is 32.2 Å². The van der Waals surface area contributed by atoms with E-state index in [4.69, 9.17) is 4.74 Å². The molecule has 1 amide bonds. The lowest BCUT2D eigenvalue weighted by Crippen LogP contribution is -2.32. The van der Waals surface area contributed by atoms with Gasteiger partial charge in [0.2, 0.25) is 0 Å². The molecule has 0 aliphatic rings. The van der Waals surface area contributed by atoms with Crippen LogP contribution in [0.15, 0.2) is 24.4 Å². The van der Waals surface area contributed by atoms with Gasteiger partial charge in [-0.15, -0.1) is 0 Å². The van der Waals surface area contributed by atoms with Crippen molar-refractivity contribution >= 4 is 11.7 Å². The molecule has 2 heterocycles. The molecule has 0 atom stereocenters. The Bertz CT molecular complexity index is 596. The molecule has 0 fully saturated rings. The third kappa shape index (κ3) is 3.47. The molecular formula is C14H19N3O2. The number of amides is 1. The van der Waals surface area contributed by atoms with E-state index in [0.29, 0.717) is 6.54 Å². The summed E-state index contributed by atoms with van der Waals surface area (Å²) in [5, 5.41) is 2.70. The first-order valence-electron chi connectivity index (χ1n) is 6.25. The van der Waals surface area contributed by atoms with Crippen molar-refractivity contribution in [3.8, 4) is 0 Å². The van der Waals surface area contributed by atoms with E-state index in [2.05, 4.69) is 10.3 Å².